The van der Waals surface area contributed by atoms with Crippen LogP contribution in [-0.2, 0) is 26.0 Å². The molecule has 2 amide bonds. The Morgan fingerprint density at radius 3 is 2.15 bits per heavy atom. The van der Waals surface area contributed by atoms with Crippen LogP contribution in [0.5, 0.6) is 0 Å². The lowest BCUT2D eigenvalue weighted by atomic mass is 10.1. The maximum Gasteiger partial charge on any atom is 0.244 e. The molecule has 0 aliphatic rings. The largest absolute Gasteiger partial charge is 0.352 e. The SMILES string of the molecule is CCC(C)NC(=O)C(CC)N(CCc1ccccc1)C(=O)CN(c1ccc(Cl)cc1)S(C)(=O)=O. The predicted molar refractivity (Wildman–Crippen MR) is 137 cm³/mol. The monoisotopic (exact) mass is 507 g/mol. The summed E-state index contributed by atoms with van der Waals surface area (Å²) in [6, 6.07) is 15.2. The molecule has 1 N–H and O–H groups in total. The van der Waals surface area contributed by atoms with Gasteiger partial charge in [-0.3, -0.25) is 13.9 Å². The van der Waals surface area contributed by atoms with Crippen molar-refractivity contribution in [2.45, 2.75) is 52.1 Å². The maximum atomic E-state index is 13.5. The zero-order chi connectivity index (χ0) is 25.3. The normalized spacial score (nSPS) is 13.1. The minimum Gasteiger partial charge on any atom is -0.352 e. The second kappa shape index (κ2) is 12.8. The first-order valence-corrected chi connectivity index (χ1v) is 13.7. The van der Waals surface area contributed by atoms with Crippen molar-refractivity contribution in [1.29, 1.82) is 0 Å². The molecule has 186 valence electrons. The van der Waals surface area contributed by atoms with Crippen molar-refractivity contribution < 1.29 is 18.0 Å². The summed E-state index contributed by atoms with van der Waals surface area (Å²) in [4.78, 5) is 28.1. The fourth-order valence-electron chi connectivity index (χ4n) is 3.56. The Morgan fingerprint density at radius 1 is 1.00 bits per heavy atom. The standard InChI is InChI=1S/C25H34ClN3O4S/c1-5-19(3)27-25(31)23(6-2)28(17-16-20-10-8-7-9-11-20)24(30)18-29(34(4,32)33)22-14-12-21(26)13-15-22/h7-15,19,23H,5-6,16-18H2,1-4H3,(H,27,31). The molecule has 9 heteroatoms. The lowest BCUT2D eigenvalue weighted by Gasteiger charge is -2.33. The molecule has 0 radical (unpaired) electrons. The Balaban J connectivity index is 2.34. The van der Waals surface area contributed by atoms with Crippen LogP contribution in [0.2, 0.25) is 5.02 Å². The number of carbonyl (C=O) groups excluding carboxylic acids is 2. The quantitative estimate of drug-likeness (QED) is 0.472. The molecule has 0 saturated heterocycles. The van der Waals surface area contributed by atoms with E-state index in [1.165, 1.54) is 4.90 Å². The van der Waals surface area contributed by atoms with Crippen molar-refractivity contribution in [3.05, 3.63) is 65.2 Å². The molecule has 0 spiro atoms. The Labute approximate surface area is 208 Å². The first-order chi connectivity index (χ1) is 16.1. The number of benzene rings is 2. The van der Waals surface area contributed by atoms with E-state index in [1.807, 2.05) is 51.1 Å². The number of halogens is 1. The zero-order valence-corrected chi connectivity index (χ0v) is 21.8. The molecule has 0 heterocycles. The van der Waals surface area contributed by atoms with E-state index >= 15 is 0 Å². The molecule has 0 fully saturated rings. The van der Waals surface area contributed by atoms with E-state index < -0.39 is 28.5 Å². The van der Waals surface area contributed by atoms with Gasteiger partial charge in [0.1, 0.15) is 12.6 Å². The van der Waals surface area contributed by atoms with Crippen LogP contribution >= 0.6 is 11.6 Å². The Morgan fingerprint density at radius 2 is 1.62 bits per heavy atom. The summed E-state index contributed by atoms with van der Waals surface area (Å²) in [6.45, 7) is 5.60. The van der Waals surface area contributed by atoms with Gasteiger partial charge in [-0.15, -0.1) is 0 Å². The van der Waals surface area contributed by atoms with Crippen molar-refractivity contribution in [3.63, 3.8) is 0 Å². The van der Waals surface area contributed by atoms with Crippen molar-refractivity contribution in [2.24, 2.45) is 0 Å². The minimum absolute atomic E-state index is 0.0331. The molecule has 2 rings (SSSR count). The molecule has 0 aliphatic carbocycles. The van der Waals surface area contributed by atoms with E-state index in [0.29, 0.717) is 23.6 Å². The van der Waals surface area contributed by atoms with Crippen LogP contribution in [0, 0.1) is 0 Å². The van der Waals surface area contributed by atoms with E-state index in [4.69, 9.17) is 11.6 Å². The van der Waals surface area contributed by atoms with E-state index in [1.54, 1.807) is 24.3 Å². The average Bonchev–Trinajstić information content (AvgIpc) is 2.80. The van der Waals surface area contributed by atoms with Crippen molar-refractivity contribution >= 4 is 39.1 Å². The van der Waals surface area contributed by atoms with Gasteiger partial charge in [0.05, 0.1) is 11.9 Å². The van der Waals surface area contributed by atoms with Crippen LogP contribution in [0.1, 0.15) is 39.2 Å². The summed E-state index contributed by atoms with van der Waals surface area (Å²) >= 11 is 5.95. The Bertz CT molecular complexity index is 1050. The number of anilines is 1. The summed E-state index contributed by atoms with van der Waals surface area (Å²) in [7, 11) is -3.76. The number of sulfonamides is 1. The van der Waals surface area contributed by atoms with Gasteiger partial charge in [0.2, 0.25) is 21.8 Å². The highest BCUT2D eigenvalue weighted by Crippen LogP contribution is 2.21. The number of carbonyl (C=O) groups is 2. The second-order valence-electron chi connectivity index (χ2n) is 8.31. The molecule has 0 aliphatic heterocycles. The highest BCUT2D eigenvalue weighted by atomic mass is 35.5. The molecule has 7 nitrogen and oxygen atoms in total. The second-order valence-corrected chi connectivity index (χ2v) is 10.7. The highest BCUT2D eigenvalue weighted by Gasteiger charge is 2.31. The van der Waals surface area contributed by atoms with Crippen LogP contribution in [0.25, 0.3) is 0 Å². The van der Waals surface area contributed by atoms with Gasteiger partial charge in [0.25, 0.3) is 0 Å². The zero-order valence-electron chi connectivity index (χ0n) is 20.2. The van der Waals surface area contributed by atoms with E-state index in [-0.39, 0.29) is 18.5 Å². The lowest BCUT2D eigenvalue weighted by Crippen LogP contribution is -2.54. The Kier molecular flexibility index (Phi) is 10.4. The third-order valence-corrected chi connectivity index (χ3v) is 7.06. The van der Waals surface area contributed by atoms with Gasteiger partial charge in [-0.1, -0.05) is 55.8 Å². The molecular formula is C25H34ClN3O4S. The van der Waals surface area contributed by atoms with Gasteiger partial charge in [-0.25, -0.2) is 8.42 Å². The molecule has 2 unspecified atom stereocenters. The molecule has 2 aromatic carbocycles. The van der Waals surface area contributed by atoms with Crippen molar-refractivity contribution in [2.75, 3.05) is 23.7 Å². The average molecular weight is 508 g/mol. The number of nitrogens with one attached hydrogen (secondary N) is 1. The minimum atomic E-state index is -3.76. The molecular weight excluding hydrogens is 474 g/mol. The van der Waals surface area contributed by atoms with Crippen molar-refractivity contribution in [1.82, 2.24) is 10.2 Å². The first kappa shape index (κ1) is 27.7. The molecule has 34 heavy (non-hydrogen) atoms. The van der Waals surface area contributed by atoms with Crippen LogP contribution in [0.15, 0.2) is 54.6 Å². The third-order valence-electron chi connectivity index (χ3n) is 5.66. The van der Waals surface area contributed by atoms with E-state index in [0.717, 1.165) is 22.5 Å². The molecule has 2 aromatic rings. The van der Waals surface area contributed by atoms with Gasteiger partial charge < -0.3 is 10.2 Å². The topological polar surface area (TPSA) is 86.8 Å². The molecule has 0 saturated carbocycles. The van der Waals surface area contributed by atoms with Crippen LogP contribution in [0.3, 0.4) is 0 Å². The van der Waals surface area contributed by atoms with Gasteiger partial charge in [0.15, 0.2) is 0 Å². The number of amides is 2. The van der Waals surface area contributed by atoms with Gasteiger partial charge >= 0.3 is 0 Å². The summed E-state index contributed by atoms with van der Waals surface area (Å²) < 4.78 is 26.2. The summed E-state index contributed by atoms with van der Waals surface area (Å²) in [6.07, 6.45) is 2.76. The van der Waals surface area contributed by atoms with Crippen molar-refractivity contribution in [3.8, 4) is 0 Å². The third kappa shape index (κ3) is 8.02. The molecule has 0 aromatic heterocycles. The highest BCUT2D eigenvalue weighted by molar-refractivity contribution is 7.92. The number of nitrogens with zero attached hydrogens (tertiary/aromatic N) is 2. The number of hydrogen-bond acceptors (Lipinski definition) is 4. The summed E-state index contributed by atoms with van der Waals surface area (Å²) in [5, 5.41) is 3.42. The van der Waals surface area contributed by atoms with Crippen LogP contribution in [0.4, 0.5) is 5.69 Å². The maximum absolute atomic E-state index is 13.5. The fraction of sp³-hybridized carbons (Fsp3) is 0.440. The van der Waals surface area contributed by atoms with E-state index in [9.17, 15) is 18.0 Å². The fourth-order valence-corrected chi connectivity index (χ4v) is 4.53. The van der Waals surface area contributed by atoms with Gasteiger partial charge in [-0.05, 0) is 56.0 Å². The van der Waals surface area contributed by atoms with Gasteiger partial charge in [-0.2, -0.15) is 0 Å². The summed E-state index contributed by atoms with van der Waals surface area (Å²) in [5.41, 5.74) is 1.36. The Hall–Kier alpha value is -2.58. The molecule has 2 atom stereocenters. The van der Waals surface area contributed by atoms with Gasteiger partial charge in [0, 0.05) is 17.6 Å². The number of rotatable bonds is 12. The first-order valence-electron chi connectivity index (χ1n) is 11.4. The predicted octanol–water partition coefficient (Wildman–Crippen LogP) is 3.87. The summed E-state index contributed by atoms with van der Waals surface area (Å²) in [5.74, 6) is -0.682. The smallest absolute Gasteiger partial charge is 0.244 e. The van der Waals surface area contributed by atoms with E-state index in [2.05, 4.69) is 5.32 Å². The van der Waals surface area contributed by atoms with Crippen LogP contribution in [-0.4, -0.2) is 56.6 Å². The number of hydrogen-bond donors (Lipinski definition) is 1. The lowest BCUT2D eigenvalue weighted by molar-refractivity contribution is -0.139. The molecule has 0 bridgehead atoms. The van der Waals surface area contributed by atoms with Crippen LogP contribution < -0.4 is 9.62 Å².